The molecule has 29 heavy (non-hydrogen) atoms. The lowest BCUT2D eigenvalue weighted by atomic mass is 10.2. The Morgan fingerprint density at radius 3 is 2.66 bits per heavy atom. The molecule has 0 aromatic carbocycles. The molecule has 0 spiro atoms. The maximum atomic E-state index is 12.9. The monoisotopic (exact) mass is 426 g/mol. The fourth-order valence-corrected chi connectivity index (χ4v) is 3.60. The van der Waals surface area contributed by atoms with E-state index in [9.17, 15) is 23.1 Å². The van der Waals surface area contributed by atoms with Gasteiger partial charge in [-0.05, 0) is 13.0 Å². The van der Waals surface area contributed by atoms with Crippen LogP contribution < -0.4 is 10.6 Å². The van der Waals surface area contributed by atoms with E-state index in [1.165, 1.54) is 7.05 Å². The summed E-state index contributed by atoms with van der Waals surface area (Å²) < 4.78 is 40.6. The van der Waals surface area contributed by atoms with E-state index in [1.807, 2.05) is 0 Å². The number of carboxylic acid groups (broad SMARTS) is 1. The van der Waals surface area contributed by atoms with E-state index in [1.54, 1.807) is 37.0 Å². The number of fused-ring (bicyclic) bond motifs is 1. The fourth-order valence-electron chi connectivity index (χ4n) is 2.73. The zero-order chi connectivity index (χ0) is 21.5. The second-order valence-corrected chi connectivity index (χ2v) is 7.62. The summed E-state index contributed by atoms with van der Waals surface area (Å²) in [6, 6.07) is 2.38. The minimum absolute atomic E-state index is 0.123. The average Bonchev–Trinajstić information content (AvgIpc) is 2.96. The van der Waals surface area contributed by atoms with Gasteiger partial charge in [-0.25, -0.2) is 14.8 Å². The Balaban J connectivity index is 1.96. The third-order valence-corrected chi connectivity index (χ3v) is 5.23. The van der Waals surface area contributed by atoms with Crippen molar-refractivity contribution in [1.82, 2.24) is 19.5 Å². The van der Waals surface area contributed by atoms with Gasteiger partial charge >= 0.3 is 12.3 Å². The molecule has 1 unspecified atom stereocenters. The van der Waals surface area contributed by atoms with E-state index in [0.717, 1.165) is 16.7 Å². The van der Waals surface area contributed by atoms with Crippen molar-refractivity contribution in [3.63, 3.8) is 0 Å². The molecular weight excluding hydrogens is 409 g/mol. The van der Waals surface area contributed by atoms with Gasteiger partial charge in [0.1, 0.15) is 5.82 Å². The molecule has 0 aliphatic heterocycles. The number of carbonyl (C=O) groups is 1. The molecule has 0 saturated carbocycles. The van der Waals surface area contributed by atoms with E-state index >= 15 is 0 Å². The van der Waals surface area contributed by atoms with Crippen molar-refractivity contribution >= 4 is 40.3 Å². The Labute approximate surface area is 167 Å². The van der Waals surface area contributed by atoms with Gasteiger partial charge in [0, 0.05) is 31.7 Å². The predicted octanol–water partition coefficient (Wildman–Crippen LogP) is 3.93. The smallest absolute Gasteiger partial charge is 0.433 e. The van der Waals surface area contributed by atoms with Crippen LogP contribution in [-0.2, 0) is 13.2 Å². The fraction of sp³-hybridized carbons (Fsp3) is 0.294. The number of nitrogens with two attached hydrogens (primary N) is 1. The van der Waals surface area contributed by atoms with Crippen molar-refractivity contribution in [2.75, 3.05) is 17.7 Å². The number of anilines is 2. The van der Waals surface area contributed by atoms with Crippen LogP contribution in [0.1, 0.15) is 23.6 Å². The number of aromatic nitrogens is 4. The highest BCUT2D eigenvalue weighted by Crippen LogP contribution is 2.37. The molecule has 12 heteroatoms. The molecule has 8 nitrogen and oxygen atoms in total. The van der Waals surface area contributed by atoms with Gasteiger partial charge in [-0.3, -0.25) is 9.88 Å². The first kappa shape index (κ1) is 20.7. The standard InChI is InChI=1S/C17H17F3N6O2S/c1-8(29-15-23-13(17(18,19)20)5-14(21)24-15)10-4-9-11(6-22-10)25(2)7-12(9)26(3)16(27)28/h4-8H,1-3H3,(H,27,28)(H2,21,23,24). The van der Waals surface area contributed by atoms with E-state index in [0.29, 0.717) is 28.4 Å². The summed E-state index contributed by atoms with van der Waals surface area (Å²) in [6.45, 7) is 1.74. The molecule has 3 aromatic heterocycles. The SMILES string of the molecule is CC(Sc1nc(N)cc(C(F)(F)F)n1)c1cc2c(N(C)C(=O)O)cn(C)c2cn1. The third kappa shape index (κ3) is 4.21. The Bertz CT molecular complexity index is 1080. The van der Waals surface area contributed by atoms with Crippen LogP contribution in [0.15, 0.2) is 29.7 Å². The van der Waals surface area contributed by atoms with Crippen LogP contribution in [0.2, 0.25) is 0 Å². The summed E-state index contributed by atoms with van der Waals surface area (Å²) in [5.41, 5.74) is 6.09. The Morgan fingerprint density at radius 1 is 1.34 bits per heavy atom. The molecule has 1 amide bonds. The highest BCUT2D eigenvalue weighted by atomic mass is 32.2. The van der Waals surface area contributed by atoms with E-state index < -0.39 is 23.2 Å². The molecule has 0 radical (unpaired) electrons. The number of nitrogens with zero attached hydrogens (tertiary/aromatic N) is 5. The summed E-state index contributed by atoms with van der Waals surface area (Å²) >= 11 is 0.976. The van der Waals surface area contributed by atoms with Crippen molar-refractivity contribution in [3.8, 4) is 0 Å². The highest BCUT2D eigenvalue weighted by Gasteiger charge is 2.33. The summed E-state index contributed by atoms with van der Waals surface area (Å²) in [6.07, 6.45) is -2.50. The summed E-state index contributed by atoms with van der Waals surface area (Å²) in [5.74, 6) is -0.279. The van der Waals surface area contributed by atoms with Gasteiger partial charge in [0.25, 0.3) is 0 Å². The molecule has 154 valence electrons. The quantitative estimate of drug-likeness (QED) is 0.480. The van der Waals surface area contributed by atoms with Crippen molar-refractivity contribution in [3.05, 3.63) is 35.9 Å². The zero-order valence-electron chi connectivity index (χ0n) is 15.6. The number of pyridine rings is 1. The van der Waals surface area contributed by atoms with E-state index in [-0.39, 0.29) is 11.0 Å². The predicted molar refractivity (Wildman–Crippen MR) is 103 cm³/mol. The van der Waals surface area contributed by atoms with Gasteiger partial charge in [-0.15, -0.1) is 0 Å². The first-order chi connectivity index (χ1) is 13.5. The first-order valence-electron chi connectivity index (χ1n) is 8.27. The summed E-state index contributed by atoms with van der Waals surface area (Å²) in [7, 11) is 3.19. The molecular formula is C17H17F3N6O2S. The van der Waals surface area contributed by atoms with E-state index in [4.69, 9.17) is 5.73 Å². The van der Waals surface area contributed by atoms with Crippen LogP contribution >= 0.6 is 11.8 Å². The Hall–Kier alpha value is -3.02. The van der Waals surface area contributed by atoms with Gasteiger partial charge in [0.05, 0.1) is 28.3 Å². The number of nitrogen functional groups attached to an aromatic ring is 1. The molecule has 3 N–H and O–H groups in total. The van der Waals surface area contributed by atoms with Crippen molar-refractivity contribution < 1.29 is 23.1 Å². The van der Waals surface area contributed by atoms with Crippen LogP contribution in [0.3, 0.4) is 0 Å². The van der Waals surface area contributed by atoms with Gasteiger partial charge < -0.3 is 15.4 Å². The third-order valence-electron chi connectivity index (χ3n) is 4.24. The number of hydrogen-bond donors (Lipinski definition) is 2. The number of alkyl halides is 3. The minimum atomic E-state index is -4.63. The zero-order valence-corrected chi connectivity index (χ0v) is 16.4. The molecule has 3 heterocycles. The maximum absolute atomic E-state index is 12.9. The number of aryl methyl sites for hydroxylation is 1. The van der Waals surface area contributed by atoms with Crippen molar-refractivity contribution in [1.29, 1.82) is 0 Å². The van der Waals surface area contributed by atoms with Gasteiger partial charge in [-0.1, -0.05) is 11.8 Å². The minimum Gasteiger partial charge on any atom is -0.465 e. The maximum Gasteiger partial charge on any atom is 0.433 e. The lowest BCUT2D eigenvalue weighted by Crippen LogP contribution is -2.23. The normalized spacial score (nSPS) is 12.9. The molecule has 3 rings (SSSR count). The van der Waals surface area contributed by atoms with Crippen LogP contribution in [0.5, 0.6) is 0 Å². The topological polar surface area (TPSA) is 110 Å². The van der Waals surface area contributed by atoms with Crippen LogP contribution in [0.25, 0.3) is 10.9 Å². The molecule has 1 atom stereocenters. The Morgan fingerprint density at radius 2 is 2.03 bits per heavy atom. The van der Waals surface area contributed by atoms with Crippen LogP contribution in [0.4, 0.5) is 29.5 Å². The highest BCUT2D eigenvalue weighted by molar-refractivity contribution is 7.99. The number of halogens is 3. The van der Waals surface area contributed by atoms with Gasteiger partial charge in [0.15, 0.2) is 10.9 Å². The summed E-state index contributed by atoms with van der Waals surface area (Å²) in [5, 5.41) is 9.39. The van der Waals surface area contributed by atoms with Crippen molar-refractivity contribution in [2.24, 2.45) is 7.05 Å². The van der Waals surface area contributed by atoms with Gasteiger partial charge in [0.2, 0.25) is 0 Å². The number of hydrogen-bond acceptors (Lipinski definition) is 6. The molecule has 0 bridgehead atoms. The second kappa shape index (κ2) is 7.43. The van der Waals surface area contributed by atoms with Crippen LogP contribution in [0, 0.1) is 0 Å². The number of amides is 1. The summed E-state index contributed by atoms with van der Waals surface area (Å²) in [4.78, 5) is 24.2. The largest absolute Gasteiger partial charge is 0.465 e. The number of thioether (sulfide) groups is 1. The van der Waals surface area contributed by atoms with E-state index in [2.05, 4.69) is 15.0 Å². The van der Waals surface area contributed by atoms with Crippen LogP contribution in [-0.4, -0.2) is 37.8 Å². The van der Waals surface area contributed by atoms with Crippen molar-refractivity contribution in [2.45, 2.75) is 23.5 Å². The molecule has 0 aliphatic carbocycles. The Kier molecular flexibility index (Phi) is 5.30. The molecule has 0 fully saturated rings. The first-order valence-corrected chi connectivity index (χ1v) is 9.15. The second-order valence-electron chi connectivity index (χ2n) is 6.31. The lowest BCUT2D eigenvalue weighted by molar-refractivity contribution is -0.141. The molecule has 0 aliphatic rings. The lowest BCUT2D eigenvalue weighted by Gasteiger charge is -2.14. The molecule has 3 aromatic rings. The van der Waals surface area contributed by atoms with Gasteiger partial charge in [-0.2, -0.15) is 13.2 Å². The average molecular weight is 426 g/mol. The number of rotatable bonds is 4. The molecule has 0 saturated heterocycles.